The van der Waals surface area contributed by atoms with Gasteiger partial charge in [-0.1, -0.05) is 15.9 Å². The van der Waals surface area contributed by atoms with Gasteiger partial charge in [-0.25, -0.2) is 0 Å². The molecule has 0 aliphatic carbocycles. The minimum Gasteiger partial charge on any atom is -0.374 e. The Morgan fingerprint density at radius 2 is 2.19 bits per heavy atom. The molecule has 1 unspecified atom stereocenters. The smallest absolute Gasteiger partial charge is 0.244 e. The molecular weight excluding hydrogens is 268 g/mol. The molecule has 1 aromatic rings. The van der Waals surface area contributed by atoms with Crippen LogP contribution in [-0.2, 0) is 4.79 Å². The average Bonchev–Trinajstić information content (AvgIpc) is 2.48. The minimum atomic E-state index is -0.0706. The van der Waals surface area contributed by atoms with Gasteiger partial charge in [0.25, 0.3) is 0 Å². The average molecular weight is 283 g/mol. The fourth-order valence-electron chi connectivity index (χ4n) is 1.98. The van der Waals surface area contributed by atoms with Crippen LogP contribution in [0.2, 0.25) is 0 Å². The van der Waals surface area contributed by atoms with Crippen LogP contribution in [0.3, 0.4) is 0 Å². The molecule has 1 atom stereocenters. The second kappa shape index (κ2) is 4.45. The van der Waals surface area contributed by atoms with Crippen LogP contribution in [0.1, 0.15) is 12.0 Å². The lowest BCUT2D eigenvalue weighted by molar-refractivity contribution is -0.127. The Hall–Kier alpha value is -1.03. The van der Waals surface area contributed by atoms with E-state index in [1.807, 2.05) is 26.1 Å². The summed E-state index contributed by atoms with van der Waals surface area (Å²) < 4.78 is 1.04. The van der Waals surface area contributed by atoms with Crippen LogP contribution in [0.25, 0.3) is 0 Å². The van der Waals surface area contributed by atoms with Gasteiger partial charge in [0, 0.05) is 23.8 Å². The van der Waals surface area contributed by atoms with Gasteiger partial charge in [-0.2, -0.15) is 0 Å². The number of anilines is 1. The summed E-state index contributed by atoms with van der Waals surface area (Å²) in [4.78, 5) is 13.5. The van der Waals surface area contributed by atoms with Gasteiger partial charge in [-0.3, -0.25) is 4.79 Å². The fraction of sp³-hybridized carbons (Fsp3) is 0.417. The van der Waals surface area contributed by atoms with Crippen molar-refractivity contribution in [2.24, 2.45) is 0 Å². The summed E-state index contributed by atoms with van der Waals surface area (Å²) >= 11 is 3.45. The summed E-state index contributed by atoms with van der Waals surface area (Å²) in [6, 6.07) is 6.03. The molecule has 1 heterocycles. The summed E-state index contributed by atoms with van der Waals surface area (Å²) in [5, 5.41) is 3.28. The first-order chi connectivity index (χ1) is 7.56. The van der Waals surface area contributed by atoms with Crippen LogP contribution in [-0.4, -0.2) is 30.4 Å². The molecule has 1 N–H and O–H groups in total. The number of rotatable bonds is 2. The Morgan fingerprint density at radius 1 is 1.44 bits per heavy atom. The van der Waals surface area contributed by atoms with Crippen molar-refractivity contribution in [3.63, 3.8) is 0 Å². The van der Waals surface area contributed by atoms with Crippen molar-refractivity contribution in [1.82, 2.24) is 4.90 Å². The van der Waals surface area contributed by atoms with E-state index in [9.17, 15) is 4.79 Å². The summed E-state index contributed by atoms with van der Waals surface area (Å²) in [7, 11) is 1.84. The van der Waals surface area contributed by atoms with Gasteiger partial charge in [0.05, 0.1) is 0 Å². The van der Waals surface area contributed by atoms with Crippen molar-refractivity contribution in [2.75, 3.05) is 18.9 Å². The number of benzene rings is 1. The van der Waals surface area contributed by atoms with E-state index in [0.717, 1.165) is 23.1 Å². The molecule has 0 spiro atoms. The second-order valence-electron chi connectivity index (χ2n) is 4.26. The summed E-state index contributed by atoms with van der Waals surface area (Å²) in [5.74, 6) is 0.178. The number of hydrogen-bond acceptors (Lipinski definition) is 2. The van der Waals surface area contributed by atoms with E-state index in [1.165, 1.54) is 5.56 Å². The quantitative estimate of drug-likeness (QED) is 0.904. The first kappa shape index (κ1) is 11.5. The van der Waals surface area contributed by atoms with Gasteiger partial charge < -0.3 is 10.2 Å². The molecule has 0 bridgehead atoms. The number of likely N-dealkylation sites (N-methyl/N-ethyl adjacent to an activating group) is 1. The van der Waals surface area contributed by atoms with Gasteiger partial charge in [-0.15, -0.1) is 0 Å². The van der Waals surface area contributed by atoms with Gasteiger partial charge in [0.2, 0.25) is 5.91 Å². The van der Waals surface area contributed by atoms with Crippen molar-refractivity contribution in [3.05, 3.63) is 28.2 Å². The molecule has 1 aliphatic heterocycles. The summed E-state index contributed by atoms with van der Waals surface area (Å²) in [5.41, 5.74) is 2.18. The van der Waals surface area contributed by atoms with Gasteiger partial charge in [0.1, 0.15) is 6.04 Å². The summed E-state index contributed by atoms with van der Waals surface area (Å²) in [6.07, 6.45) is 0.876. The monoisotopic (exact) mass is 282 g/mol. The zero-order valence-corrected chi connectivity index (χ0v) is 11.0. The predicted molar refractivity (Wildman–Crippen MR) is 68.5 cm³/mol. The standard InChI is InChI=1S/C12H15BrN2O/c1-8-5-9(13)7-10(6-8)14-11-3-4-15(2)12(11)16/h5-7,11,14H,3-4H2,1-2H3. The molecule has 4 heteroatoms. The summed E-state index contributed by atoms with van der Waals surface area (Å²) in [6.45, 7) is 2.88. The lowest BCUT2D eigenvalue weighted by Gasteiger charge is -2.14. The maximum absolute atomic E-state index is 11.7. The topological polar surface area (TPSA) is 32.3 Å². The number of aryl methyl sites for hydroxylation is 1. The molecular formula is C12H15BrN2O. The van der Waals surface area contributed by atoms with Gasteiger partial charge in [-0.05, 0) is 37.1 Å². The van der Waals surface area contributed by atoms with E-state index >= 15 is 0 Å². The Morgan fingerprint density at radius 3 is 2.75 bits per heavy atom. The molecule has 1 saturated heterocycles. The highest BCUT2D eigenvalue weighted by Crippen LogP contribution is 2.22. The van der Waals surface area contributed by atoms with Crippen molar-refractivity contribution >= 4 is 27.5 Å². The number of nitrogens with one attached hydrogen (secondary N) is 1. The predicted octanol–water partition coefficient (Wildman–Crippen LogP) is 2.40. The van der Waals surface area contributed by atoms with E-state index in [-0.39, 0.29) is 11.9 Å². The van der Waals surface area contributed by atoms with Crippen LogP contribution >= 0.6 is 15.9 Å². The SMILES string of the molecule is Cc1cc(Br)cc(NC2CCN(C)C2=O)c1. The Bertz CT molecular complexity index is 399. The lowest BCUT2D eigenvalue weighted by Crippen LogP contribution is -2.30. The number of hydrogen-bond donors (Lipinski definition) is 1. The third-order valence-electron chi connectivity index (χ3n) is 2.81. The highest BCUT2D eigenvalue weighted by Gasteiger charge is 2.28. The minimum absolute atomic E-state index is 0.0706. The highest BCUT2D eigenvalue weighted by atomic mass is 79.9. The number of nitrogens with zero attached hydrogens (tertiary/aromatic N) is 1. The molecule has 1 fully saturated rings. The number of carbonyl (C=O) groups excluding carboxylic acids is 1. The maximum atomic E-state index is 11.7. The van der Waals surface area contributed by atoms with E-state index < -0.39 is 0 Å². The van der Waals surface area contributed by atoms with Crippen molar-refractivity contribution in [3.8, 4) is 0 Å². The Kier molecular flexibility index (Phi) is 3.19. The maximum Gasteiger partial charge on any atom is 0.244 e. The number of carbonyl (C=O) groups is 1. The van der Waals surface area contributed by atoms with Crippen molar-refractivity contribution in [2.45, 2.75) is 19.4 Å². The molecule has 0 aromatic heterocycles. The first-order valence-corrected chi connectivity index (χ1v) is 6.14. The number of likely N-dealkylation sites (tertiary alicyclic amines) is 1. The number of halogens is 1. The van der Waals surface area contributed by atoms with Gasteiger partial charge >= 0.3 is 0 Å². The molecule has 1 aliphatic rings. The highest BCUT2D eigenvalue weighted by molar-refractivity contribution is 9.10. The Labute approximate surface area is 104 Å². The number of amides is 1. The fourth-order valence-corrected chi connectivity index (χ4v) is 2.58. The van der Waals surface area contributed by atoms with Gasteiger partial charge in [0.15, 0.2) is 0 Å². The molecule has 0 radical (unpaired) electrons. The van der Waals surface area contributed by atoms with E-state index in [1.54, 1.807) is 4.90 Å². The van der Waals surface area contributed by atoms with Crippen LogP contribution < -0.4 is 5.32 Å². The molecule has 2 rings (SSSR count). The van der Waals surface area contributed by atoms with E-state index in [4.69, 9.17) is 0 Å². The molecule has 3 nitrogen and oxygen atoms in total. The first-order valence-electron chi connectivity index (χ1n) is 5.35. The Balaban J connectivity index is 2.12. The normalized spacial score (nSPS) is 20.3. The molecule has 16 heavy (non-hydrogen) atoms. The van der Waals surface area contributed by atoms with Crippen molar-refractivity contribution < 1.29 is 4.79 Å². The van der Waals surface area contributed by atoms with Crippen LogP contribution in [0, 0.1) is 6.92 Å². The molecule has 86 valence electrons. The zero-order valence-electron chi connectivity index (χ0n) is 9.46. The largest absolute Gasteiger partial charge is 0.374 e. The molecule has 1 amide bonds. The van der Waals surface area contributed by atoms with E-state index in [0.29, 0.717) is 0 Å². The lowest BCUT2D eigenvalue weighted by atomic mass is 10.2. The molecule has 0 saturated carbocycles. The zero-order chi connectivity index (χ0) is 11.7. The molecule has 1 aromatic carbocycles. The van der Waals surface area contributed by atoms with Crippen LogP contribution in [0.15, 0.2) is 22.7 Å². The van der Waals surface area contributed by atoms with Crippen LogP contribution in [0.5, 0.6) is 0 Å². The van der Waals surface area contributed by atoms with E-state index in [2.05, 4.69) is 27.3 Å². The third-order valence-corrected chi connectivity index (χ3v) is 3.27. The van der Waals surface area contributed by atoms with Crippen LogP contribution in [0.4, 0.5) is 5.69 Å². The van der Waals surface area contributed by atoms with Crippen molar-refractivity contribution in [1.29, 1.82) is 0 Å². The third kappa shape index (κ3) is 2.38. The second-order valence-corrected chi connectivity index (χ2v) is 5.18.